The number of pyridine rings is 1. The van der Waals surface area contributed by atoms with E-state index in [0.29, 0.717) is 5.02 Å². The molecule has 0 bridgehead atoms. The predicted octanol–water partition coefficient (Wildman–Crippen LogP) is 2.52. The molecule has 1 radical (unpaired) electrons. The summed E-state index contributed by atoms with van der Waals surface area (Å²) in [5, 5.41) is 5.89. The molecule has 5 heteroatoms. The smallest absolute Gasteiger partial charge is 0.147 e. The van der Waals surface area contributed by atoms with Gasteiger partial charge in [0.2, 0.25) is 0 Å². The molecule has 0 aliphatic heterocycles. The minimum Gasteiger partial charge on any atom is -0.284 e. The first-order chi connectivity index (χ1) is 8.16. The maximum Gasteiger partial charge on any atom is 0.147 e. The fourth-order valence-electron chi connectivity index (χ4n) is 1.94. The zero-order chi connectivity index (χ0) is 12.0. The molecule has 0 unspecified atom stereocenters. The van der Waals surface area contributed by atoms with Gasteiger partial charge in [0.05, 0.1) is 16.8 Å². The van der Waals surface area contributed by atoms with E-state index in [-0.39, 0.29) is 0 Å². The largest absolute Gasteiger partial charge is 0.284 e. The van der Waals surface area contributed by atoms with Gasteiger partial charge in [0.1, 0.15) is 11.5 Å². The van der Waals surface area contributed by atoms with Gasteiger partial charge in [0.25, 0.3) is 0 Å². The van der Waals surface area contributed by atoms with Crippen molar-refractivity contribution in [2.45, 2.75) is 6.92 Å². The van der Waals surface area contributed by atoms with Crippen LogP contribution in [0.4, 0.5) is 0 Å². The molecule has 0 fully saturated rings. The van der Waals surface area contributed by atoms with Gasteiger partial charge in [-0.25, -0.2) is 4.98 Å². The molecule has 0 aliphatic carbocycles. The predicted molar refractivity (Wildman–Crippen MR) is 66.4 cm³/mol. The number of fused-ring (bicyclic) bond motifs is 1. The molecule has 0 saturated heterocycles. The summed E-state index contributed by atoms with van der Waals surface area (Å²) >= 11 is 6.18. The van der Waals surface area contributed by atoms with Crippen molar-refractivity contribution >= 4 is 22.6 Å². The van der Waals surface area contributed by atoms with Crippen LogP contribution >= 0.6 is 11.6 Å². The van der Waals surface area contributed by atoms with Crippen molar-refractivity contribution in [2.75, 3.05) is 0 Å². The molecule has 0 aromatic carbocycles. The second-order valence-corrected chi connectivity index (χ2v) is 4.29. The Bertz CT molecular complexity index is 696. The van der Waals surface area contributed by atoms with Crippen molar-refractivity contribution in [3.63, 3.8) is 0 Å². The third kappa shape index (κ3) is 1.52. The van der Waals surface area contributed by atoms with Crippen molar-refractivity contribution in [2.24, 2.45) is 7.05 Å². The molecule has 17 heavy (non-hydrogen) atoms. The fourth-order valence-corrected chi connectivity index (χ4v) is 2.18. The van der Waals surface area contributed by atoms with Crippen molar-refractivity contribution in [1.82, 2.24) is 19.3 Å². The molecule has 85 valence electrons. The number of halogens is 1. The lowest BCUT2D eigenvalue weighted by atomic mass is 10.3. The normalized spacial score (nSPS) is 11.2. The van der Waals surface area contributed by atoms with Gasteiger partial charge in [-0.15, -0.1) is 0 Å². The SMILES string of the molecule is Cc1[c]c(-n2cc(Cl)c3cccnc32)n(C)n1. The summed E-state index contributed by atoms with van der Waals surface area (Å²) in [7, 11) is 1.88. The highest BCUT2D eigenvalue weighted by Gasteiger charge is 2.12. The van der Waals surface area contributed by atoms with E-state index in [9.17, 15) is 0 Å². The van der Waals surface area contributed by atoms with Gasteiger partial charge in [0, 0.05) is 24.8 Å². The van der Waals surface area contributed by atoms with E-state index in [1.54, 1.807) is 10.9 Å². The Labute approximate surface area is 103 Å². The standard InChI is InChI=1S/C12H10ClN4/c1-8-6-11(16(2)15-8)17-7-10(13)9-4-3-5-14-12(9)17/h3-5,7H,1-2H3. The van der Waals surface area contributed by atoms with Crippen LogP contribution in [-0.4, -0.2) is 19.3 Å². The van der Waals surface area contributed by atoms with Gasteiger partial charge in [-0.1, -0.05) is 11.6 Å². The number of aryl methyl sites for hydroxylation is 2. The monoisotopic (exact) mass is 245 g/mol. The summed E-state index contributed by atoms with van der Waals surface area (Å²) in [5.41, 5.74) is 1.66. The first-order valence-corrected chi connectivity index (χ1v) is 5.59. The first-order valence-electron chi connectivity index (χ1n) is 5.21. The number of aromatic nitrogens is 4. The molecular formula is C12H10ClN4. The molecule has 0 amide bonds. The lowest BCUT2D eigenvalue weighted by Gasteiger charge is -2.03. The van der Waals surface area contributed by atoms with Gasteiger partial charge >= 0.3 is 0 Å². The molecule has 0 aliphatic rings. The highest BCUT2D eigenvalue weighted by atomic mass is 35.5. The first kappa shape index (κ1) is 10.4. The van der Waals surface area contributed by atoms with E-state index in [0.717, 1.165) is 22.5 Å². The third-order valence-corrected chi connectivity index (χ3v) is 2.94. The molecule has 3 aromatic rings. The Morgan fingerprint density at radius 2 is 2.24 bits per heavy atom. The third-order valence-electron chi connectivity index (χ3n) is 2.64. The Morgan fingerprint density at radius 3 is 2.94 bits per heavy atom. The van der Waals surface area contributed by atoms with Crippen LogP contribution in [0.2, 0.25) is 5.02 Å². The summed E-state index contributed by atoms with van der Waals surface area (Å²) in [6.07, 6.45) is 3.59. The van der Waals surface area contributed by atoms with Crippen LogP contribution in [0.5, 0.6) is 0 Å². The van der Waals surface area contributed by atoms with Crippen LogP contribution in [0.3, 0.4) is 0 Å². The van der Waals surface area contributed by atoms with Crippen LogP contribution < -0.4 is 0 Å². The molecule has 3 heterocycles. The summed E-state index contributed by atoms with van der Waals surface area (Å²) in [4.78, 5) is 4.35. The van der Waals surface area contributed by atoms with Crippen LogP contribution in [0.15, 0.2) is 24.5 Å². The Morgan fingerprint density at radius 1 is 1.41 bits per heavy atom. The Kier molecular flexibility index (Phi) is 2.19. The van der Waals surface area contributed by atoms with E-state index in [1.165, 1.54) is 0 Å². The van der Waals surface area contributed by atoms with E-state index in [1.807, 2.05) is 36.9 Å². The summed E-state index contributed by atoms with van der Waals surface area (Å²) < 4.78 is 3.66. The van der Waals surface area contributed by atoms with Crippen LogP contribution in [0.1, 0.15) is 5.69 Å². The number of rotatable bonds is 1. The van der Waals surface area contributed by atoms with E-state index >= 15 is 0 Å². The molecule has 0 saturated carbocycles. The number of nitrogens with zero attached hydrogens (tertiary/aromatic N) is 4. The van der Waals surface area contributed by atoms with E-state index in [2.05, 4.69) is 16.1 Å². The minimum atomic E-state index is 0.681. The van der Waals surface area contributed by atoms with Gasteiger partial charge < -0.3 is 0 Å². The van der Waals surface area contributed by atoms with Gasteiger partial charge in [-0.2, -0.15) is 5.10 Å². The molecule has 3 rings (SSSR count). The fraction of sp³-hybridized carbons (Fsp3) is 0.167. The van der Waals surface area contributed by atoms with Crippen LogP contribution in [0, 0.1) is 13.0 Å². The quantitative estimate of drug-likeness (QED) is 0.660. The second-order valence-electron chi connectivity index (χ2n) is 3.88. The minimum absolute atomic E-state index is 0.681. The van der Waals surface area contributed by atoms with Gasteiger partial charge in [-0.3, -0.25) is 9.25 Å². The Balaban J connectivity index is 2.34. The molecule has 3 aromatic heterocycles. The second kappa shape index (κ2) is 3.60. The van der Waals surface area contributed by atoms with Gasteiger partial charge in [-0.05, 0) is 19.1 Å². The Hall–Kier alpha value is -1.81. The maximum absolute atomic E-state index is 6.18. The summed E-state index contributed by atoms with van der Waals surface area (Å²) in [6, 6.07) is 7.00. The van der Waals surface area contributed by atoms with Gasteiger partial charge in [0.15, 0.2) is 0 Å². The molecule has 0 atom stereocenters. The highest BCUT2D eigenvalue weighted by molar-refractivity contribution is 6.35. The zero-order valence-corrected chi connectivity index (χ0v) is 10.2. The molecule has 4 nitrogen and oxygen atoms in total. The van der Waals surface area contributed by atoms with E-state index < -0.39 is 0 Å². The average Bonchev–Trinajstić information content (AvgIpc) is 2.80. The van der Waals surface area contributed by atoms with Crippen molar-refractivity contribution in [3.8, 4) is 5.82 Å². The van der Waals surface area contributed by atoms with E-state index in [4.69, 9.17) is 11.6 Å². The molecular weight excluding hydrogens is 236 g/mol. The molecule has 0 spiro atoms. The topological polar surface area (TPSA) is 35.6 Å². The van der Waals surface area contributed by atoms with Crippen molar-refractivity contribution < 1.29 is 0 Å². The molecule has 0 N–H and O–H groups in total. The number of hydrogen-bond acceptors (Lipinski definition) is 2. The lowest BCUT2D eigenvalue weighted by molar-refractivity contribution is 0.727. The zero-order valence-electron chi connectivity index (χ0n) is 9.48. The maximum atomic E-state index is 6.18. The lowest BCUT2D eigenvalue weighted by Crippen LogP contribution is -2.02. The average molecular weight is 246 g/mol. The van der Waals surface area contributed by atoms with Crippen LogP contribution in [-0.2, 0) is 7.05 Å². The van der Waals surface area contributed by atoms with Crippen LogP contribution in [0.25, 0.3) is 16.9 Å². The van der Waals surface area contributed by atoms with Crippen molar-refractivity contribution in [3.05, 3.63) is 41.3 Å². The summed E-state index contributed by atoms with van der Waals surface area (Å²) in [6.45, 7) is 1.91. The number of hydrogen-bond donors (Lipinski definition) is 0. The van der Waals surface area contributed by atoms with Crippen molar-refractivity contribution in [1.29, 1.82) is 0 Å². The highest BCUT2D eigenvalue weighted by Crippen LogP contribution is 2.26. The summed E-state index contributed by atoms with van der Waals surface area (Å²) in [5.74, 6) is 0.832.